The lowest BCUT2D eigenvalue weighted by molar-refractivity contribution is 0.102. The minimum absolute atomic E-state index is 0.0771. The SMILES string of the molecule is COc1cc(C(=O)Nc2ccccc2-c2nc3ccccc3s2)cc(Cl)c1OC(C)C. The summed E-state index contributed by atoms with van der Waals surface area (Å²) in [6.45, 7) is 3.80. The van der Waals surface area contributed by atoms with Crippen LogP contribution in [-0.2, 0) is 0 Å². The van der Waals surface area contributed by atoms with Gasteiger partial charge in [-0.3, -0.25) is 4.79 Å². The number of benzene rings is 3. The highest BCUT2D eigenvalue weighted by atomic mass is 35.5. The first-order chi connectivity index (χ1) is 15.0. The Morgan fingerprint density at radius 3 is 2.58 bits per heavy atom. The predicted molar refractivity (Wildman–Crippen MR) is 127 cm³/mol. The molecule has 1 aromatic heterocycles. The lowest BCUT2D eigenvalue weighted by atomic mass is 10.1. The largest absolute Gasteiger partial charge is 0.493 e. The molecule has 0 bridgehead atoms. The molecule has 1 heterocycles. The molecule has 3 aromatic carbocycles. The van der Waals surface area contributed by atoms with Crippen LogP contribution in [0.25, 0.3) is 20.8 Å². The molecule has 7 heteroatoms. The maximum Gasteiger partial charge on any atom is 0.255 e. The molecule has 0 saturated carbocycles. The Morgan fingerprint density at radius 2 is 1.84 bits per heavy atom. The second kappa shape index (κ2) is 8.96. The molecule has 4 rings (SSSR count). The predicted octanol–water partition coefficient (Wildman–Crippen LogP) is 6.66. The Hall–Kier alpha value is -3.09. The highest BCUT2D eigenvalue weighted by Gasteiger charge is 2.18. The van der Waals surface area contributed by atoms with Gasteiger partial charge in [0.05, 0.1) is 34.1 Å². The average Bonchev–Trinajstić information content (AvgIpc) is 3.19. The number of aromatic nitrogens is 1. The zero-order chi connectivity index (χ0) is 22.0. The number of thiazole rings is 1. The van der Waals surface area contributed by atoms with Crippen molar-refractivity contribution in [3.63, 3.8) is 0 Å². The summed E-state index contributed by atoms with van der Waals surface area (Å²) in [5.41, 5.74) is 2.83. The van der Waals surface area contributed by atoms with Crippen molar-refractivity contribution in [1.82, 2.24) is 4.98 Å². The van der Waals surface area contributed by atoms with E-state index in [1.54, 1.807) is 23.5 Å². The monoisotopic (exact) mass is 452 g/mol. The van der Waals surface area contributed by atoms with Gasteiger partial charge >= 0.3 is 0 Å². The van der Waals surface area contributed by atoms with Gasteiger partial charge in [-0.15, -0.1) is 11.3 Å². The summed E-state index contributed by atoms with van der Waals surface area (Å²) in [7, 11) is 1.52. The van der Waals surface area contributed by atoms with Crippen LogP contribution in [0.1, 0.15) is 24.2 Å². The van der Waals surface area contributed by atoms with Gasteiger partial charge in [-0.2, -0.15) is 0 Å². The van der Waals surface area contributed by atoms with E-state index >= 15 is 0 Å². The number of methoxy groups -OCH3 is 1. The zero-order valence-corrected chi connectivity index (χ0v) is 18.9. The van der Waals surface area contributed by atoms with Crippen LogP contribution < -0.4 is 14.8 Å². The molecule has 0 fully saturated rings. The molecule has 4 aromatic rings. The lowest BCUT2D eigenvalue weighted by Gasteiger charge is -2.16. The normalized spacial score (nSPS) is 11.0. The highest BCUT2D eigenvalue weighted by molar-refractivity contribution is 7.21. The van der Waals surface area contributed by atoms with Crippen LogP contribution in [-0.4, -0.2) is 24.1 Å². The molecule has 158 valence electrons. The minimum Gasteiger partial charge on any atom is -0.493 e. The smallest absolute Gasteiger partial charge is 0.255 e. The molecule has 0 saturated heterocycles. The number of carbonyl (C=O) groups excluding carboxylic acids is 1. The van der Waals surface area contributed by atoms with Crippen molar-refractivity contribution >= 4 is 44.7 Å². The van der Waals surface area contributed by atoms with Crippen LogP contribution in [0, 0.1) is 0 Å². The van der Waals surface area contributed by atoms with Gasteiger partial charge in [-0.25, -0.2) is 4.98 Å². The maximum atomic E-state index is 13.0. The topological polar surface area (TPSA) is 60.5 Å². The third-order valence-electron chi connectivity index (χ3n) is 4.54. The number of carbonyl (C=O) groups is 1. The van der Waals surface area contributed by atoms with Gasteiger partial charge in [0.25, 0.3) is 5.91 Å². The summed E-state index contributed by atoms with van der Waals surface area (Å²) in [4.78, 5) is 17.8. The van der Waals surface area contributed by atoms with Crippen molar-refractivity contribution in [2.24, 2.45) is 0 Å². The Morgan fingerprint density at radius 1 is 1.10 bits per heavy atom. The molecule has 0 aliphatic rings. The molecule has 0 atom stereocenters. The van der Waals surface area contributed by atoms with Crippen molar-refractivity contribution in [2.45, 2.75) is 20.0 Å². The third kappa shape index (κ3) is 4.50. The van der Waals surface area contributed by atoms with Gasteiger partial charge in [-0.05, 0) is 50.2 Å². The molecule has 0 aliphatic carbocycles. The summed E-state index contributed by atoms with van der Waals surface area (Å²) in [5.74, 6) is 0.529. The number of hydrogen-bond acceptors (Lipinski definition) is 5. The lowest BCUT2D eigenvalue weighted by Crippen LogP contribution is -2.14. The summed E-state index contributed by atoms with van der Waals surface area (Å²) < 4.78 is 12.2. The van der Waals surface area contributed by atoms with Crippen molar-refractivity contribution in [3.8, 4) is 22.1 Å². The number of para-hydroxylation sites is 2. The molecule has 1 N–H and O–H groups in total. The van der Waals surface area contributed by atoms with Crippen LogP contribution in [0.5, 0.6) is 11.5 Å². The molecule has 0 unspecified atom stereocenters. The van der Waals surface area contributed by atoms with E-state index in [0.29, 0.717) is 27.8 Å². The van der Waals surface area contributed by atoms with Crippen LogP contribution in [0.3, 0.4) is 0 Å². The first-order valence-corrected chi connectivity index (χ1v) is 11.0. The molecule has 31 heavy (non-hydrogen) atoms. The number of hydrogen-bond donors (Lipinski definition) is 1. The number of anilines is 1. The summed E-state index contributed by atoms with van der Waals surface area (Å²) in [6, 6.07) is 18.8. The molecular weight excluding hydrogens is 432 g/mol. The number of halogens is 1. The van der Waals surface area contributed by atoms with Gasteiger partial charge in [-0.1, -0.05) is 35.9 Å². The van der Waals surface area contributed by atoms with Gasteiger partial charge < -0.3 is 14.8 Å². The Bertz CT molecular complexity index is 1220. The van der Waals surface area contributed by atoms with Crippen LogP contribution in [0.4, 0.5) is 5.69 Å². The second-order valence-corrected chi connectivity index (χ2v) is 8.58. The van der Waals surface area contributed by atoms with E-state index in [1.165, 1.54) is 7.11 Å². The summed E-state index contributed by atoms with van der Waals surface area (Å²) >= 11 is 7.97. The highest BCUT2D eigenvalue weighted by Crippen LogP contribution is 2.38. The molecule has 0 spiro atoms. The Balaban J connectivity index is 1.66. The number of amides is 1. The van der Waals surface area contributed by atoms with Gasteiger partial charge in [0.2, 0.25) is 0 Å². The first kappa shape index (κ1) is 21.2. The third-order valence-corrected chi connectivity index (χ3v) is 5.90. The number of nitrogens with zero attached hydrogens (tertiary/aromatic N) is 1. The fourth-order valence-electron chi connectivity index (χ4n) is 3.16. The maximum absolute atomic E-state index is 13.0. The number of ether oxygens (including phenoxy) is 2. The van der Waals surface area contributed by atoms with E-state index in [4.69, 9.17) is 26.1 Å². The first-order valence-electron chi connectivity index (χ1n) is 9.76. The van der Waals surface area contributed by atoms with Crippen molar-refractivity contribution in [1.29, 1.82) is 0 Å². The van der Waals surface area contributed by atoms with E-state index in [2.05, 4.69) is 5.32 Å². The van der Waals surface area contributed by atoms with Crippen molar-refractivity contribution in [2.75, 3.05) is 12.4 Å². The van der Waals surface area contributed by atoms with Crippen LogP contribution >= 0.6 is 22.9 Å². The standard InChI is InChI=1S/C24H21ClN2O3S/c1-14(2)30-22-17(25)12-15(13-20(22)29-3)23(28)26-18-9-5-4-8-16(18)24-27-19-10-6-7-11-21(19)31-24/h4-14H,1-3H3,(H,26,28). The molecule has 5 nitrogen and oxygen atoms in total. The van der Waals surface area contributed by atoms with Crippen LogP contribution in [0.15, 0.2) is 60.7 Å². The van der Waals surface area contributed by atoms with E-state index in [-0.39, 0.29) is 12.0 Å². The number of nitrogens with one attached hydrogen (secondary N) is 1. The second-order valence-electron chi connectivity index (χ2n) is 7.14. The zero-order valence-electron chi connectivity index (χ0n) is 17.3. The number of rotatable bonds is 6. The fourth-order valence-corrected chi connectivity index (χ4v) is 4.42. The van der Waals surface area contributed by atoms with Crippen molar-refractivity contribution in [3.05, 3.63) is 71.2 Å². The quantitative estimate of drug-likeness (QED) is 0.355. The molecular formula is C24H21ClN2O3S. The van der Waals surface area contributed by atoms with Gasteiger partial charge in [0.15, 0.2) is 11.5 Å². The van der Waals surface area contributed by atoms with Gasteiger partial charge in [0.1, 0.15) is 5.01 Å². The molecule has 0 radical (unpaired) electrons. The van der Waals surface area contributed by atoms with E-state index in [0.717, 1.165) is 20.8 Å². The minimum atomic E-state index is -0.301. The summed E-state index contributed by atoms with van der Waals surface area (Å²) in [6.07, 6.45) is -0.0771. The molecule has 0 aliphatic heterocycles. The van der Waals surface area contributed by atoms with E-state index < -0.39 is 0 Å². The number of fused-ring (bicyclic) bond motifs is 1. The summed E-state index contributed by atoms with van der Waals surface area (Å²) in [5, 5.41) is 4.14. The Kier molecular flexibility index (Phi) is 6.11. The van der Waals surface area contributed by atoms with E-state index in [1.807, 2.05) is 62.4 Å². The van der Waals surface area contributed by atoms with Crippen molar-refractivity contribution < 1.29 is 14.3 Å². The fraction of sp³-hybridized carbons (Fsp3) is 0.167. The Labute approximate surface area is 189 Å². The molecule has 1 amide bonds. The average molecular weight is 453 g/mol. The van der Waals surface area contributed by atoms with Crippen LogP contribution in [0.2, 0.25) is 5.02 Å². The van der Waals surface area contributed by atoms with Gasteiger partial charge in [0, 0.05) is 11.1 Å². The van der Waals surface area contributed by atoms with E-state index in [9.17, 15) is 4.79 Å².